The van der Waals surface area contributed by atoms with Crippen LogP contribution in [0.1, 0.15) is 25.7 Å². The quantitative estimate of drug-likeness (QED) is 0.627. The number of imide groups is 1. The molecule has 82 valence electrons. The highest BCUT2D eigenvalue weighted by molar-refractivity contribution is 6.08. The van der Waals surface area contributed by atoms with Crippen LogP contribution in [0.4, 0.5) is 4.79 Å². The van der Waals surface area contributed by atoms with Gasteiger partial charge >= 0.3 is 12.0 Å². The molecular weight excluding hydrogens is 200 g/mol. The van der Waals surface area contributed by atoms with Crippen LogP contribution in [0, 0.1) is 0 Å². The van der Waals surface area contributed by atoms with Crippen molar-refractivity contribution in [3.05, 3.63) is 0 Å². The number of carbonyl (C=O) groups is 3. The molecule has 1 spiro atoms. The van der Waals surface area contributed by atoms with E-state index in [9.17, 15) is 14.4 Å². The molecule has 0 aromatic heterocycles. The Balaban J connectivity index is 2.28. The third-order valence-corrected chi connectivity index (χ3v) is 3.13. The van der Waals surface area contributed by atoms with Crippen molar-refractivity contribution in [2.45, 2.75) is 31.2 Å². The molecule has 6 heteroatoms. The van der Waals surface area contributed by atoms with Gasteiger partial charge in [-0.3, -0.25) is 19.8 Å². The molecule has 0 radical (unpaired) electrons. The summed E-state index contributed by atoms with van der Waals surface area (Å²) in [6, 6.07) is -0.579. The average molecular weight is 212 g/mol. The molecule has 1 aliphatic carbocycles. The van der Waals surface area contributed by atoms with Crippen molar-refractivity contribution in [3.8, 4) is 0 Å². The predicted octanol–water partition coefficient (Wildman–Crippen LogP) is -0.0644. The second kappa shape index (κ2) is 3.22. The van der Waals surface area contributed by atoms with Crippen LogP contribution in [0.3, 0.4) is 0 Å². The Labute approximate surface area is 86.2 Å². The molecule has 1 saturated heterocycles. The number of carboxylic acid groups (broad SMARTS) is 1. The molecular formula is C9H12N2O4. The molecule has 0 atom stereocenters. The Hall–Kier alpha value is -1.59. The lowest BCUT2D eigenvalue weighted by molar-refractivity contribution is -0.139. The average Bonchev–Trinajstić information content (AvgIpc) is 2.69. The second-order valence-corrected chi connectivity index (χ2v) is 3.98. The van der Waals surface area contributed by atoms with Gasteiger partial charge in [0.2, 0.25) is 0 Å². The lowest BCUT2D eigenvalue weighted by Gasteiger charge is -2.29. The number of aliphatic carboxylic acids is 1. The van der Waals surface area contributed by atoms with E-state index < -0.39 is 24.1 Å². The summed E-state index contributed by atoms with van der Waals surface area (Å²) >= 11 is 0. The molecule has 0 aromatic carbocycles. The first-order valence-corrected chi connectivity index (χ1v) is 4.91. The van der Waals surface area contributed by atoms with Crippen molar-refractivity contribution in [1.29, 1.82) is 0 Å². The highest BCUT2D eigenvalue weighted by Crippen LogP contribution is 2.38. The zero-order valence-electron chi connectivity index (χ0n) is 8.15. The number of nitrogens with zero attached hydrogens (tertiary/aromatic N) is 1. The third-order valence-electron chi connectivity index (χ3n) is 3.13. The molecule has 2 rings (SSSR count). The fourth-order valence-electron chi connectivity index (χ4n) is 2.41. The zero-order valence-corrected chi connectivity index (χ0v) is 8.15. The monoisotopic (exact) mass is 212 g/mol. The molecule has 1 heterocycles. The van der Waals surface area contributed by atoms with E-state index in [0.29, 0.717) is 12.8 Å². The lowest BCUT2D eigenvalue weighted by atomic mass is 9.96. The Kier molecular flexibility index (Phi) is 2.13. The van der Waals surface area contributed by atoms with E-state index in [1.54, 1.807) is 0 Å². The van der Waals surface area contributed by atoms with Gasteiger partial charge in [-0.15, -0.1) is 0 Å². The molecule has 15 heavy (non-hydrogen) atoms. The Bertz CT molecular complexity index is 333. The van der Waals surface area contributed by atoms with Crippen molar-refractivity contribution in [1.82, 2.24) is 10.2 Å². The van der Waals surface area contributed by atoms with E-state index in [2.05, 4.69) is 5.32 Å². The van der Waals surface area contributed by atoms with E-state index in [1.807, 2.05) is 0 Å². The summed E-state index contributed by atoms with van der Waals surface area (Å²) in [7, 11) is 0. The standard InChI is InChI=1S/C9H12N2O4/c12-6(13)5-11-8(15)10-7(14)9(11)3-1-2-4-9/h1-5H2,(H,12,13)(H,10,14,15). The smallest absolute Gasteiger partial charge is 0.325 e. The first-order chi connectivity index (χ1) is 7.06. The minimum absolute atomic E-state index is 0.341. The van der Waals surface area contributed by atoms with Gasteiger partial charge < -0.3 is 5.11 Å². The van der Waals surface area contributed by atoms with Crippen molar-refractivity contribution < 1.29 is 19.5 Å². The van der Waals surface area contributed by atoms with Gasteiger partial charge in [0.15, 0.2) is 0 Å². The van der Waals surface area contributed by atoms with Crippen LogP contribution in [0.5, 0.6) is 0 Å². The maximum atomic E-state index is 11.6. The van der Waals surface area contributed by atoms with Crippen molar-refractivity contribution in [3.63, 3.8) is 0 Å². The molecule has 2 fully saturated rings. The molecule has 0 aromatic rings. The molecule has 0 bridgehead atoms. The van der Waals surface area contributed by atoms with E-state index >= 15 is 0 Å². The van der Waals surface area contributed by atoms with E-state index in [4.69, 9.17) is 5.11 Å². The predicted molar refractivity (Wildman–Crippen MR) is 49.1 cm³/mol. The Morgan fingerprint density at radius 1 is 1.40 bits per heavy atom. The largest absolute Gasteiger partial charge is 0.480 e. The van der Waals surface area contributed by atoms with Gasteiger partial charge in [-0.1, -0.05) is 12.8 Å². The molecule has 1 saturated carbocycles. The molecule has 2 aliphatic rings. The van der Waals surface area contributed by atoms with Gasteiger partial charge in [-0.25, -0.2) is 4.79 Å². The van der Waals surface area contributed by atoms with Crippen LogP contribution in [0.15, 0.2) is 0 Å². The topological polar surface area (TPSA) is 86.7 Å². The minimum atomic E-state index is -1.09. The van der Waals surface area contributed by atoms with Crippen LogP contribution in [-0.2, 0) is 9.59 Å². The van der Waals surface area contributed by atoms with Crippen molar-refractivity contribution in [2.75, 3.05) is 6.54 Å². The molecule has 0 unspecified atom stereocenters. The van der Waals surface area contributed by atoms with Gasteiger partial charge in [0.1, 0.15) is 12.1 Å². The number of amides is 3. The normalized spacial score (nSPS) is 23.6. The van der Waals surface area contributed by atoms with E-state index in [1.165, 1.54) is 0 Å². The molecule has 3 amide bonds. The fraction of sp³-hybridized carbons (Fsp3) is 0.667. The summed E-state index contributed by atoms with van der Waals surface area (Å²) in [5, 5.41) is 10.9. The zero-order chi connectivity index (χ0) is 11.1. The molecule has 1 aliphatic heterocycles. The minimum Gasteiger partial charge on any atom is -0.480 e. The van der Waals surface area contributed by atoms with Crippen LogP contribution in [0.2, 0.25) is 0 Å². The summed E-state index contributed by atoms with van der Waals surface area (Å²) in [6.07, 6.45) is 2.85. The fourth-order valence-corrected chi connectivity index (χ4v) is 2.41. The van der Waals surface area contributed by atoms with Crippen LogP contribution >= 0.6 is 0 Å². The molecule has 2 N–H and O–H groups in total. The van der Waals surface area contributed by atoms with Crippen LogP contribution < -0.4 is 5.32 Å². The first kappa shape index (κ1) is 9.95. The third kappa shape index (κ3) is 1.36. The number of carboxylic acids is 1. The van der Waals surface area contributed by atoms with Gasteiger partial charge in [0, 0.05) is 0 Å². The van der Waals surface area contributed by atoms with Gasteiger partial charge in [0.25, 0.3) is 5.91 Å². The number of nitrogens with one attached hydrogen (secondary N) is 1. The van der Waals surface area contributed by atoms with E-state index in [0.717, 1.165) is 17.7 Å². The van der Waals surface area contributed by atoms with Gasteiger partial charge in [-0.2, -0.15) is 0 Å². The van der Waals surface area contributed by atoms with Crippen molar-refractivity contribution >= 4 is 17.9 Å². The lowest BCUT2D eigenvalue weighted by Crippen LogP contribution is -2.49. The second-order valence-electron chi connectivity index (χ2n) is 3.98. The summed E-state index contributed by atoms with van der Waals surface area (Å²) in [4.78, 5) is 34.8. The summed E-state index contributed by atoms with van der Waals surface area (Å²) in [5.41, 5.74) is -0.879. The maximum absolute atomic E-state index is 11.6. The number of hydrogen-bond donors (Lipinski definition) is 2. The Morgan fingerprint density at radius 3 is 2.53 bits per heavy atom. The highest BCUT2D eigenvalue weighted by Gasteiger charge is 2.54. The van der Waals surface area contributed by atoms with Gasteiger partial charge in [0.05, 0.1) is 0 Å². The summed E-state index contributed by atoms with van der Waals surface area (Å²) in [5.74, 6) is -1.43. The number of urea groups is 1. The summed E-state index contributed by atoms with van der Waals surface area (Å²) in [6.45, 7) is -0.405. The van der Waals surface area contributed by atoms with Crippen molar-refractivity contribution in [2.24, 2.45) is 0 Å². The van der Waals surface area contributed by atoms with Crippen LogP contribution in [0.25, 0.3) is 0 Å². The summed E-state index contributed by atoms with van der Waals surface area (Å²) < 4.78 is 0. The number of carbonyl (C=O) groups excluding carboxylic acids is 2. The SMILES string of the molecule is O=C(O)CN1C(=O)NC(=O)C12CCCC2. The maximum Gasteiger partial charge on any atom is 0.325 e. The highest BCUT2D eigenvalue weighted by atomic mass is 16.4. The van der Waals surface area contributed by atoms with Crippen LogP contribution in [-0.4, -0.2) is 40.0 Å². The molecule has 6 nitrogen and oxygen atoms in total. The number of rotatable bonds is 2. The first-order valence-electron chi connectivity index (χ1n) is 4.91. The van der Waals surface area contributed by atoms with E-state index in [-0.39, 0.29) is 5.91 Å². The van der Waals surface area contributed by atoms with Gasteiger partial charge in [-0.05, 0) is 12.8 Å². The number of hydrogen-bond acceptors (Lipinski definition) is 3. The Morgan fingerprint density at radius 2 is 2.00 bits per heavy atom.